The maximum atomic E-state index is 12.7. The van der Waals surface area contributed by atoms with Gasteiger partial charge in [0, 0.05) is 30.4 Å². The maximum Gasteiger partial charge on any atom is 0.263 e. The van der Waals surface area contributed by atoms with Crippen LogP contribution in [0.4, 0.5) is 0 Å². The molecule has 0 bridgehead atoms. The van der Waals surface area contributed by atoms with Crippen molar-refractivity contribution >= 4 is 23.2 Å². The molecule has 3 rings (SSSR count). The molecule has 1 atom stereocenters. The molecule has 5 heteroatoms. The summed E-state index contributed by atoms with van der Waals surface area (Å²) in [6, 6.07) is 2.06. The van der Waals surface area contributed by atoms with Crippen molar-refractivity contribution in [2.75, 3.05) is 19.6 Å². The summed E-state index contributed by atoms with van der Waals surface area (Å²) in [6.45, 7) is 6.89. The number of carbonyl (C=O) groups is 2. The van der Waals surface area contributed by atoms with Gasteiger partial charge in [-0.3, -0.25) is 9.59 Å². The van der Waals surface area contributed by atoms with Crippen molar-refractivity contribution in [3.05, 3.63) is 21.4 Å². The van der Waals surface area contributed by atoms with Crippen molar-refractivity contribution in [3.8, 4) is 0 Å². The predicted octanol–water partition coefficient (Wildman–Crippen LogP) is 3.64. The van der Waals surface area contributed by atoms with Gasteiger partial charge in [-0.15, -0.1) is 11.3 Å². The van der Waals surface area contributed by atoms with Gasteiger partial charge in [0.05, 0.1) is 4.88 Å². The van der Waals surface area contributed by atoms with Crippen LogP contribution >= 0.6 is 11.3 Å². The SMILES string of the molecule is CC(C)CCNC(=O)[C@H]1CCc2sc(C(=O)N3CCCCC3)cc2C1. The van der Waals surface area contributed by atoms with Crippen molar-refractivity contribution in [1.82, 2.24) is 10.2 Å². The Kier molecular flexibility index (Phi) is 6.15. The fraction of sp³-hybridized carbons (Fsp3) is 0.700. The van der Waals surface area contributed by atoms with E-state index in [1.54, 1.807) is 11.3 Å². The summed E-state index contributed by atoms with van der Waals surface area (Å²) in [7, 11) is 0. The number of rotatable bonds is 5. The van der Waals surface area contributed by atoms with E-state index in [4.69, 9.17) is 0 Å². The predicted molar refractivity (Wildman–Crippen MR) is 102 cm³/mol. The summed E-state index contributed by atoms with van der Waals surface area (Å²) in [4.78, 5) is 29.3. The van der Waals surface area contributed by atoms with Gasteiger partial charge in [-0.1, -0.05) is 13.8 Å². The lowest BCUT2D eigenvalue weighted by molar-refractivity contribution is -0.125. The molecule has 1 saturated heterocycles. The minimum Gasteiger partial charge on any atom is -0.356 e. The molecule has 1 N–H and O–H groups in total. The zero-order chi connectivity index (χ0) is 17.8. The molecule has 1 aliphatic heterocycles. The van der Waals surface area contributed by atoms with E-state index in [2.05, 4.69) is 25.2 Å². The minimum absolute atomic E-state index is 0.0622. The fourth-order valence-corrected chi connectivity index (χ4v) is 4.91. The van der Waals surface area contributed by atoms with Crippen LogP contribution < -0.4 is 5.32 Å². The first-order valence-corrected chi connectivity index (χ1v) is 10.5. The molecule has 0 radical (unpaired) electrons. The largest absolute Gasteiger partial charge is 0.356 e. The number of aryl methyl sites for hydroxylation is 1. The van der Waals surface area contributed by atoms with Crippen LogP contribution in [0.5, 0.6) is 0 Å². The van der Waals surface area contributed by atoms with E-state index in [1.165, 1.54) is 16.9 Å². The minimum atomic E-state index is 0.0622. The third-order valence-corrected chi connectivity index (χ3v) is 6.55. The second-order valence-corrected chi connectivity index (χ2v) is 8.96. The van der Waals surface area contributed by atoms with Gasteiger partial charge >= 0.3 is 0 Å². The van der Waals surface area contributed by atoms with E-state index in [0.29, 0.717) is 5.92 Å². The summed E-state index contributed by atoms with van der Waals surface area (Å²) in [5, 5.41) is 3.09. The van der Waals surface area contributed by atoms with Crippen LogP contribution in [0.15, 0.2) is 6.07 Å². The van der Waals surface area contributed by atoms with Crippen LogP contribution in [0.1, 0.15) is 66.1 Å². The molecule has 2 aliphatic rings. The highest BCUT2D eigenvalue weighted by Gasteiger charge is 2.28. The van der Waals surface area contributed by atoms with Gasteiger partial charge in [-0.25, -0.2) is 0 Å². The quantitative estimate of drug-likeness (QED) is 0.869. The Hall–Kier alpha value is -1.36. The van der Waals surface area contributed by atoms with E-state index in [1.807, 2.05) is 4.90 Å². The first-order valence-electron chi connectivity index (χ1n) is 9.73. The summed E-state index contributed by atoms with van der Waals surface area (Å²) in [5.74, 6) is 1.05. The number of hydrogen-bond acceptors (Lipinski definition) is 3. The number of fused-ring (bicyclic) bond motifs is 1. The van der Waals surface area contributed by atoms with Crippen molar-refractivity contribution in [1.29, 1.82) is 0 Å². The second-order valence-electron chi connectivity index (χ2n) is 7.83. The molecule has 0 aromatic carbocycles. The molecule has 25 heavy (non-hydrogen) atoms. The van der Waals surface area contributed by atoms with Crippen molar-refractivity contribution in [3.63, 3.8) is 0 Å². The zero-order valence-corrected chi connectivity index (χ0v) is 16.3. The topological polar surface area (TPSA) is 49.4 Å². The Morgan fingerprint density at radius 3 is 2.76 bits per heavy atom. The molecule has 138 valence electrons. The molecule has 2 amide bonds. The summed E-state index contributed by atoms with van der Waals surface area (Å²) >= 11 is 1.65. The molecular formula is C20H30N2O2S. The number of likely N-dealkylation sites (tertiary alicyclic amines) is 1. The third kappa shape index (κ3) is 4.63. The summed E-state index contributed by atoms with van der Waals surface area (Å²) in [6.07, 6.45) is 7.11. The van der Waals surface area contributed by atoms with Crippen LogP contribution in [-0.4, -0.2) is 36.3 Å². The number of hydrogen-bond donors (Lipinski definition) is 1. The second kappa shape index (κ2) is 8.35. The molecular weight excluding hydrogens is 332 g/mol. The smallest absolute Gasteiger partial charge is 0.263 e. The Labute approximate surface area is 155 Å². The molecule has 4 nitrogen and oxygen atoms in total. The average molecular weight is 363 g/mol. The number of amides is 2. The number of nitrogens with zero attached hydrogens (tertiary/aromatic N) is 1. The van der Waals surface area contributed by atoms with E-state index in [-0.39, 0.29) is 17.7 Å². The van der Waals surface area contributed by atoms with Crippen LogP contribution in [0.2, 0.25) is 0 Å². The van der Waals surface area contributed by atoms with Crippen molar-refractivity contribution < 1.29 is 9.59 Å². The van der Waals surface area contributed by atoms with Crippen molar-refractivity contribution in [2.24, 2.45) is 11.8 Å². The van der Waals surface area contributed by atoms with Gasteiger partial charge in [-0.05, 0) is 62.5 Å². The average Bonchev–Trinajstić information content (AvgIpc) is 3.04. The molecule has 2 heterocycles. The fourth-order valence-electron chi connectivity index (χ4n) is 3.73. The van der Waals surface area contributed by atoms with Crippen LogP contribution in [0, 0.1) is 11.8 Å². The maximum absolute atomic E-state index is 12.7. The number of piperidine rings is 1. The van der Waals surface area contributed by atoms with E-state index in [0.717, 1.165) is 63.0 Å². The first kappa shape index (κ1) is 18.4. The highest BCUT2D eigenvalue weighted by Crippen LogP contribution is 2.33. The number of thiophene rings is 1. The monoisotopic (exact) mass is 362 g/mol. The molecule has 1 aromatic heterocycles. The Morgan fingerprint density at radius 1 is 1.28 bits per heavy atom. The summed E-state index contributed by atoms with van der Waals surface area (Å²) < 4.78 is 0. The van der Waals surface area contributed by atoms with Gasteiger partial charge in [0.15, 0.2) is 0 Å². The normalized spacial score (nSPS) is 20.4. The van der Waals surface area contributed by atoms with Gasteiger partial charge in [0.1, 0.15) is 0 Å². The Morgan fingerprint density at radius 2 is 2.04 bits per heavy atom. The van der Waals surface area contributed by atoms with Crippen LogP contribution in [0.25, 0.3) is 0 Å². The molecule has 1 aromatic rings. The Balaban J connectivity index is 1.59. The molecule has 1 fully saturated rings. The highest BCUT2D eigenvalue weighted by atomic mass is 32.1. The Bertz CT molecular complexity index is 617. The number of carbonyl (C=O) groups excluding carboxylic acids is 2. The van der Waals surface area contributed by atoms with Crippen LogP contribution in [-0.2, 0) is 17.6 Å². The standard InChI is InChI=1S/C20H30N2O2S/c1-14(2)8-9-21-19(23)15-6-7-17-16(12-15)13-18(25-17)20(24)22-10-4-3-5-11-22/h13-15H,3-12H2,1-2H3,(H,21,23)/t15-/m0/s1. The van der Waals surface area contributed by atoms with Crippen molar-refractivity contribution in [2.45, 2.75) is 58.8 Å². The van der Waals surface area contributed by atoms with Gasteiger partial charge < -0.3 is 10.2 Å². The van der Waals surface area contributed by atoms with Gasteiger partial charge in [-0.2, -0.15) is 0 Å². The van der Waals surface area contributed by atoms with Gasteiger partial charge in [0.25, 0.3) is 5.91 Å². The molecule has 0 spiro atoms. The lowest BCUT2D eigenvalue weighted by Crippen LogP contribution is -2.35. The first-order chi connectivity index (χ1) is 12.0. The third-order valence-electron chi connectivity index (χ3n) is 5.33. The zero-order valence-electron chi connectivity index (χ0n) is 15.5. The van der Waals surface area contributed by atoms with E-state index >= 15 is 0 Å². The molecule has 0 saturated carbocycles. The number of nitrogens with one attached hydrogen (secondary N) is 1. The van der Waals surface area contributed by atoms with E-state index < -0.39 is 0 Å². The lowest BCUT2D eigenvalue weighted by Gasteiger charge is -2.26. The van der Waals surface area contributed by atoms with Gasteiger partial charge in [0.2, 0.25) is 5.91 Å². The summed E-state index contributed by atoms with van der Waals surface area (Å²) in [5.41, 5.74) is 1.22. The highest BCUT2D eigenvalue weighted by molar-refractivity contribution is 7.14. The van der Waals surface area contributed by atoms with Crippen LogP contribution in [0.3, 0.4) is 0 Å². The molecule has 0 unspecified atom stereocenters. The lowest BCUT2D eigenvalue weighted by atomic mass is 9.87. The van der Waals surface area contributed by atoms with E-state index in [9.17, 15) is 9.59 Å². The molecule has 1 aliphatic carbocycles.